The van der Waals surface area contributed by atoms with Crippen LogP contribution in [-0.4, -0.2) is 24.1 Å². The number of benzene rings is 1. The van der Waals surface area contributed by atoms with E-state index in [4.69, 9.17) is 4.74 Å². The standard InChI is InChI=1S/C18H26N2O2/c1-10(9-19-14(5)21)17-13(4)20(6)18-12(3)11(2)16(22-7)8-15(17)18/h8,10H,9H2,1-7H3,(H,19,21). The summed E-state index contributed by atoms with van der Waals surface area (Å²) in [7, 11) is 3.81. The average Bonchev–Trinajstić information content (AvgIpc) is 2.72. The molecule has 1 aromatic heterocycles. The van der Waals surface area contributed by atoms with Crippen molar-refractivity contribution in [1.29, 1.82) is 0 Å². The maximum atomic E-state index is 11.2. The van der Waals surface area contributed by atoms with Crippen molar-refractivity contribution < 1.29 is 9.53 Å². The number of methoxy groups -OCH3 is 1. The maximum Gasteiger partial charge on any atom is 0.216 e. The fraction of sp³-hybridized carbons (Fsp3) is 0.500. The number of hydrogen-bond acceptors (Lipinski definition) is 2. The minimum atomic E-state index is 0.00865. The van der Waals surface area contributed by atoms with Crippen molar-refractivity contribution in [1.82, 2.24) is 9.88 Å². The summed E-state index contributed by atoms with van der Waals surface area (Å²) in [6, 6.07) is 2.13. The molecule has 0 aliphatic rings. The Hall–Kier alpha value is -1.97. The molecule has 0 aliphatic heterocycles. The number of aromatic nitrogens is 1. The van der Waals surface area contributed by atoms with Gasteiger partial charge in [0.2, 0.25) is 5.91 Å². The predicted octanol–water partition coefficient (Wildman–Crippen LogP) is 3.35. The Balaban J connectivity index is 2.66. The number of rotatable bonds is 4. The van der Waals surface area contributed by atoms with Crippen molar-refractivity contribution >= 4 is 16.8 Å². The fourth-order valence-electron chi connectivity index (χ4n) is 3.29. The highest BCUT2D eigenvalue weighted by Crippen LogP contribution is 2.37. The van der Waals surface area contributed by atoms with Gasteiger partial charge in [-0.05, 0) is 43.5 Å². The number of hydrogen-bond donors (Lipinski definition) is 1. The summed E-state index contributed by atoms with van der Waals surface area (Å²) in [5.41, 5.74) is 6.20. The summed E-state index contributed by atoms with van der Waals surface area (Å²) >= 11 is 0. The van der Waals surface area contributed by atoms with E-state index < -0.39 is 0 Å². The number of carbonyl (C=O) groups excluding carboxylic acids is 1. The number of carbonyl (C=O) groups is 1. The van der Waals surface area contributed by atoms with Gasteiger partial charge >= 0.3 is 0 Å². The van der Waals surface area contributed by atoms with E-state index in [1.165, 1.54) is 33.3 Å². The molecular formula is C18H26N2O2. The van der Waals surface area contributed by atoms with Gasteiger partial charge in [0.25, 0.3) is 0 Å². The first-order valence-electron chi connectivity index (χ1n) is 7.67. The minimum Gasteiger partial charge on any atom is -0.496 e. The summed E-state index contributed by atoms with van der Waals surface area (Å²) in [6.45, 7) is 10.7. The van der Waals surface area contributed by atoms with E-state index >= 15 is 0 Å². The number of fused-ring (bicyclic) bond motifs is 1. The summed E-state index contributed by atoms with van der Waals surface area (Å²) in [5.74, 6) is 1.18. The van der Waals surface area contributed by atoms with Gasteiger partial charge in [0.15, 0.2) is 0 Å². The molecule has 0 saturated carbocycles. The molecule has 120 valence electrons. The maximum absolute atomic E-state index is 11.2. The molecule has 0 spiro atoms. The quantitative estimate of drug-likeness (QED) is 0.941. The third-order valence-corrected chi connectivity index (χ3v) is 4.71. The first-order chi connectivity index (χ1) is 10.3. The molecule has 2 rings (SSSR count). The fourth-order valence-corrected chi connectivity index (χ4v) is 3.29. The summed E-state index contributed by atoms with van der Waals surface area (Å²) in [6.07, 6.45) is 0. The third-order valence-electron chi connectivity index (χ3n) is 4.71. The normalized spacial score (nSPS) is 12.5. The van der Waals surface area contributed by atoms with Crippen molar-refractivity contribution in [2.75, 3.05) is 13.7 Å². The zero-order chi connectivity index (χ0) is 16.6. The number of amides is 1. The largest absolute Gasteiger partial charge is 0.496 e. The topological polar surface area (TPSA) is 43.3 Å². The molecule has 1 N–H and O–H groups in total. The molecule has 1 atom stereocenters. The summed E-state index contributed by atoms with van der Waals surface area (Å²) in [4.78, 5) is 11.2. The van der Waals surface area contributed by atoms with Crippen molar-refractivity contribution in [3.63, 3.8) is 0 Å². The van der Waals surface area contributed by atoms with E-state index in [2.05, 4.69) is 50.7 Å². The molecule has 1 aromatic carbocycles. The lowest BCUT2D eigenvalue weighted by atomic mass is 9.95. The molecule has 1 amide bonds. The molecule has 22 heavy (non-hydrogen) atoms. The molecule has 4 nitrogen and oxygen atoms in total. The van der Waals surface area contributed by atoms with Gasteiger partial charge in [0.1, 0.15) is 5.75 Å². The van der Waals surface area contributed by atoms with Crippen LogP contribution in [0.25, 0.3) is 10.9 Å². The van der Waals surface area contributed by atoms with E-state index in [1.54, 1.807) is 14.0 Å². The van der Waals surface area contributed by atoms with Gasteiger partial charge in [-0.3, -0.25) is 4.79 Å². The number of ether oxygens (including phenoxy) is 1. The van der Waals surface area contributed by atoms with Gasteiger partial charge < -0.3 is 14.6 Å². The summed E-state index contributed by atoms with van der Waals surface area (Å²) in [5, 5.41) is 4.14. The molecule has 1 unspecified atom stereocenters. The van der Waals surface area contributed by atoms with Crippen LogP contribution < -0.4 is 10.1 Å². The number of nitrogens with zero attached hydrogens (tertiary/aromatic N) is 1. The van der Waals surface area contributed by atoms with Crippen molar-refractivity contribution in [2.45, 2.75) is 40.5 Å². The number of nitrogens with one attached hydrogen (secondary N) is 1. The lowest BCUT2D eigenvalue weighted by Gasteiger charge is -2.14. The molecule has 0 aliphatic carbocycles. The SMILES string of the molecule is COc1cc2c(C(C)CNC(C)=O)c(C)n(C)c2c(C)c1C. The molecule has 0 radical (unpaired) electrons. The van der Waals surface area contributed by atoms with Gasteiger partial charge in [-0.2, -0.15) is 0 Å². The molecule has 2 aromatic rings. The van der Waals surface area contributed by atoms with Crippen molar-refractivity contribution in [2.24, 2.45) is 7.05 Å². The second-order valence-electron chi connectivity index (χ2n) is 6.12. The van der Waals surface area contributed by atoms with Crippen LogP contribution in [-0.2, 0) is 11.8 Å². The van der Waals surface area contributed by atoms with E-state index in [0.29, 0.717) is 6.54 Å². The van der Waals surface area contributed by atoms with Crippen LogP contribution in [0.4, 0.5) is 0 Å². The van der Waals surface area contributed by atoms with Crippen LogP contribution in [0.5, 0.6) is 5.75 Å². The lowest BCUT2D eigenvalue weighted by molar-refractivity contribution is -0.119. The Labute approximate surface area is 132 Å². The predicted molar refractivity (Wildman–Crippen MR) is 90.8 cm³/mol. The van der Waals surface area contributed by atoms with Crippen LogP contribution >= 0.6 is 0 Å². The monoisotopic (exact) mass is 302 g/mol. The Morgan fingerprint density at radius 3 is 2.50 bits per heavy atom. The van der Waals surface area contributed by atoms with Gasteiger partial charge in [0.05, 0.1) is 12.6 Å². The molecule has 4 heteroatoms. The third kappa shape index (κ3) is 2.58. The van der Waals surface area contributed by atoms with Crippen LogP contribution in [0.15, 0.2) is 6.07 Å². The zero-order valence-corrected chi connectivity index (χ0v) is 14.6. The highest BCUT2D eigenvalue weighted by molar-refractivity contribution is 5.91. The Morgan fingerprint density at radius 1 is 1.32 bits per heavy atom. The van der Waals surface area contributed by atoms with Crippen LogP contribution in [0.2, 0.25) is 0 Å². The smallest absolute Gasteiger partial charge is 0.216 e. The van der Waals surface area contributed by atoms with Crippen molar-refractivity contribution in [3.05, 3.63) is 28.5 Å². The van der Waals surface area contributed by atoms with Gasteiger partial charge in [-0.25, -0.2) is 0 Å². The Kier molecular flexibility index (Phi) is 4.50. The molecule has 0 bridgehead atoms. The van der Waals surface area contributed by atoms with E-state index in [-0.39, 0.29) is 11.8 Å². The molecule has 1 heterocycles. The van der Waals surface area contributed by atoms with Crippen LogP contribution in [0, 0.1) is 20.8 Å². The van der Waals surface area contributed by atoms with Crippen LogP contribution in [0.1, 0.15) is 42.1 Å². The first-order valence-corrected chi connectivity index (χ1v) is 7.67. The van der Waals surface area contributed by atoms with Gasteiger partial charge in [0, 0.05) is 37.5 Å². The van der Waals surface area contributed by atoms with E-state index in [9.17, 15) is 4.79 Å². The van der Waals surface area contributed by atoms with E-state index in [1.807, 2.05) is 0 Å². The summed E-state index contributed by atoms with van der Waals surface area (Å²) < 4.78 is 7.78. The average molecular weight is 302 g/mol. The zero-order valence-electron chi connectivity index (χ0n) is 14.6. The minimum absolute atomic E-state index is 0.00865. The molecule has 0 fully saturated rings. The lowest BCUT2D eigenvalue weighted by Crippen LogP contribution is -2.25. The van der Waals surface area contributed by atoms with E-state index in [0.717, 1.165) is 5.75 Å². The number of aryl methyl sites for hydroxylation is 2. The Bertz CT molecular complexity index is 729. The second kappa shape index (κ2) is 6.03. The molecule has 0 saturated heterocycles. The highest BCUT2D eigenvalue weighted by atomic mass is 16.5. The van der Waals surface area contributed by atoms with Gasteiger partial charge in [-0.15, -0.1) is 0 Å². The van der Waals surface area contributed by atoms with Gasteiger partial charge in [-0.1, -0.05) is 6.92 Å². The Morgan fingerprint density at radius 2 is 1.95 bits per heavy atom. The van der Waals surface area contributed by atoms with Crippen molar-refractivity contribution in [3.8, 4) is 5.75 Å². The first kappa shape index (κ1) is 16.4. The van der Waals surface area contributed by atoms with Crippen LogP contribution in [0.3, 0.4) is 0 Å². The highest BCUT2D eigenvalue weighted by Gasteiger charge is 2.21. The second-order valence-corrected chi connectivity index (χ2v) is 6.12. The molecular weight excluding hydrogens is 276 g/mol.